The Morgan fingerprint density at radius 2 is 1.79 bits per heavy atom. The number of β-amino-alcohol motifs (C(OH)–C–C–N with tert-alkyl or cyclic N) is 1. The van der Waals surface area contributed by atoms with E-state index in [-0.39, 0.29) is 36.8 Å². The summed E-state index contributed by atoms with van der Waals surface area (Å²) in [5, 5.41) is 10.9. The first kappa shape index (κ1) is 17.3. The van der Waals surface area contributed by atoms with Crippen molar-refractivity contribution in [2.24, 2.45) is 11.8 Å². The van der Waals surface area contributed by atoms with Crippen LogP contribution in [0.4, 0.5) is 0 Å². The minimum absolute atomic E-state index is 0.0735. The molecule has 3 rings (SSSR count). The number of nitrogens with zero attached hydrogens (tertiary/aromatic N) is 1. The second-order valence-corrected chi connectivity index (χ2v) is 6.83. The fourth-order valence-corrected chi connectivity index (χ4v) is 3.55. The Hall–Kier alpha value is -1.56. The van der Waals surface area contributed by atoms with Crippen LogP contribution in [0.2, 0.25) is 10.0 Å². The summed E-state index contributed by atoms with van der Waals surface area (Å²) in [5.41, 5.74) is 0. The van der Waals surface area contributed by atoms with E-state index in [2.05, 4.69) is 0 Å². The molecule has 2 aliphatic rings. The molecule has 1 N–H and O–H groups in total. The number of carbonyl (C=O) groups excluding carboxylic acids is 2. The molecule has 1 fully saturated rings. The molecule has 3 unspecified atom stereocenters. The predicted molar refractivity (Wildman–Crippen MR) is 90.0 cm³/mol. The SMILES string of the molecule is O=C1C2CC=CCC2C(=O)N1CC(O)COc1ccc(Cl)cc1Cl. The maximum Gasteiger partial charge on any atom is 0.233 e. The number of hydrogen-bond acceptors (Lipinski definition) is 4. The minimum atomic E-state index is -0.988. The Bertz CT molecular complexity index is 665. The van der Waals surface area contributed by atoms with Gasteiger partial charge in [-0.2, -0.15) is 0 Å². The van der Waals surface area contributed by atoms with E-state index in [1.54, 1.807) is 12.1 Å². The zero-order chi connectivity index (χ0) is 17.3. The second-order valence-electron chi connectivity index (χ2n) is 5.98. The normalized spacial score (nSPS) is 24.2. The summed E-state index contributed by atoms with van der Waals surface area (Å²) >= 11 is 11.8. The molecule has 1 aromatic rings. The van der Waals surface area contributed by atoms with Gasteiger partial charge in [0.05, 0.1) is 23.4 Å². The van der Waals surface area contributed by atoms with Crippen molar-refractivity contribution < 1.29 is 19.4 Å². The highest BCUT2D eigenvalue weighted by Gasteiger charge is 2.47. The molecule has 0 saturated carbocycles. The van der Waals surface area contributed by atoms with Crippen LogP contribution in [0.1, 0.15) is 12.8 Å². The van der Waals surface area contributed by atoms with Crippen molar-refractivity contribution in [1.29, 1.82) is 0 Å². The molecule has 128 valence electrons. The van der Waals surface area contributed by atoms with Gasteiger partial charge in [0.2, 0.25) is 11.8 Å². The van der Waals surface area contributed by atoms with Crippen LogP contribution in [-0.4, -0.2) is 41.1 Å². The van der Waals surface area contributed by atoms with E-state index in [1.165, 1.54) is 6.07 Å². The van der Waals surface area contributed by atoms with Gasteiger partial charge in [-0.3, -0.25) is 14.5 Å². The summed E-state index contributed by atoms with van der Waals surface area (Å²) in [4.78, 5) is 25.8. The first-order chi connectivity index (χ1) is 11.5. The average Bonchev–Trinajstić information content (AvgIpc) is 2.79. The van der Waals surface area contributed by atoms with Crippen molar-refractivity contribution in [3.05, 3.63) is 40.4 Å². The summed E-state index contributed by atoms with van der Waals surface area (Å²) < 4.78 is 5.45. The van der Waals surface area contributed by atoms with Gasteiger partial charge in [0.25, 0.3) is 0 Å². The van der Waals surface area contributed by atoms with E-state index in [4.69, 9.17) is 27.9 Å². The molecule has 1 aliphatic heterocycles. The lowest BCUT2D eigenvalue weighted by molar-refractivity contribution is -0.141. The van der Waals surface area contributed by atoms with Crippen molar-refractivity contribution in [3.63, 3.8) is 0 Å². The number of ether oxygens (including phenoxy) is 1. The summed E-state index contributed by atoms with van der Waals surface area (Å²) in [5.74, 6) is -0.615. The fourth-order valence-electron chi connectivity index (χ4n) is 3.09. The number of fused-ring (bicyclic) bond motifs is 1. The largest absolute Gasteiger partial charge is 0.489 e. The molecule has 7 heteroatoms. The van der Waals surface area contributed by atoms with Crippen LogP contribution in [0.3, 0.4) is 0 Å². The van der Waals surface area contributed by atoms with Crippen LogP contribution in [0.5, 0.6) is 5.75 Å². The van der Waals surface area contributed by atoms with Gasteiger partial charge in [-0.05, 0) is 31.0 Å². The highest BCUT2D eigenvalue weighted by molar-refractivity contribution is 6.35. The number of benzene rings is 1. The van der Waals surface area contributed by atoms with Gasteiger partial charge < -0.3 is 9.84 Å². The number of carbonyl (C=O) groups is 2. The van der Waals surface area contributed by atoms with Crippen LogP contribution in [-0.2, 0) is 9.59 Å². The summed E-state index contributed by atoms with van der Waals surface area (Å²) in [7, 11) is 0. The summed E-state index contributed by atoms with van der Waals surface area (Å²) in [6, 6.07) is 4.76. The number of aliphatic hydroxyl groups excluding tert-OH is 1. The number of halogens is 2. The van der Waals surface area contributed by atoms with Crippen molar-refractivity contribution in [2.75, 3.05) is 13.2 Å². The first-order valence-corrected chi connectivity index (χ1v) is 8.49. The summed E-state index contributed by atoms with van der Waals surface area (Å²) in [6.45, 7) is -0.151. The standard InChI is InChI=1S/C17H17Cl2NO4/c18-10-5-6-15(14(19)7-10)24-9-11(21)8-20-16(22)12-3-1-2-4-13(12)17(20)23/h1-2,5-7,11-13,21H,3-4,8-9H2. The molecule has 2 amide bonds. The van der Waals surface area contributed by atoms with Crippen LogP contribution < -0.4 is 4.74 Å². The van der Waals surface area contributed by atoms with Crippen molar-refractivity contribution in [2.45, 2.75) is 18.9 Å². The van der Waals surface area contributed by atoms with Gasteiger partial charge in [0, 0.05) is 5.02 Å². The van der Waals surface area contributed by atoms with Gasteiger partial charge in [-0.15, -0.1) is 0 Å². The fraction of sp³-hybridized carbons (Fsp3) is 0.412. The zero-order valence-electron chi connectivity index (χ0n) is 12.8. The van der Waals surface area contributed by atoms with Crippen LogP contribution in [0.25, 0.3) is 0 Å². The maximum absolute atomic E-state index is 12.3. The second kappa shape index (κ2) is 7.13. The van der Waals surface area contributed by atoms with Gasteiger partial charge in [-0.1, -0.05) is 35.4 Å². The lowest BCUT2D eigenvalue weighted by Crippen LogP contribution is -2.40. The van der Waals surface area contributed by atoms with Crippen LogP contribution in [0, 0.1) is 11.8 Å². The molecule has 24 heavy (non-hydrogen) atoms. The molecule has 1 saturated heterocycles. The van der Waals surface area contributed by atoms with Gasteiger partial charge in [-0.25, -0.2) is 0 Å². The number of likely N-dealkylation sites (tertiary alicyclic amines) is 1. The Kier molecular flexibility index (Phi) is 5.13. The molecule has 0 aromatic heterocycles. The van der Waals surface area contributed by atoms with E-state index < -0.39 is 6.10 Å². The van der Waals surface area contributed by atoms with E-state index in [0.717, 1.165) is 4.90 Å². The smallest absolute Gasteiger partial charge is 0.233 e. The molecule has 1 aromatic carbocycles. The predicted octanol–water partition coefficient (Wildman–Crippen LogP) is 2.68. The van der Waals surface area contributed by atoms with E-state index in [1.807, 2.05) is 12.2 Å². The van der Waals surface area contributed by atoms with E-state index >= 15 is 0 Å². The molecule has 3 atom stereocenters. The maximum atomic E-state index is 12.3. The van der Waals surface area contributed by atoms with Gasteiger partial charge in [0.15, 0.2) is 0 Å². The third kappa shape index (κ3) is 3.43. The Morgan fingerprint density at radius 3 is 2.38 bits per heavy atom. The van der Waals surface area contributed by atoms with Crippen LogP contribution in [0.15, 0.2) is 30.4 Å². The lowest BCUT2D eigenvalue weighted by Gasteiger charge is -2.19. The molecule has 5 nitrogen and oxygen atoms in total. The Balaban J connectivity index is 1.58. The molecule has 1 heterocycles. The quantitative estimate of drug-likeness (QED) is 0.639. The highest BCUT2D eigenvalue weighted by atomic mass is 35.5. The topological polar surface area (TPSA) is 66.8 Å². The monoisotopic (exact) mass is 369 g/mol. The number of amides is 2. The molecule has 0 radical (unpaired) electrons. The lowest BCUT2D eigenvalue weighted by atomic mass is 9.85. The van der Waals surface area contributed by atoms with Gasteiger partial charge in [0.1, 0.15) is 18.5 Å². The number of hydrogen-bond donors (Lipinski definition) is 1. The van der Waals surface area contributed by atoms with Crippen molar-refractivity contribution in [1.82, 2.24) is 4.90 Å². The first-order valence-electron chi connectivity index (χ1n) is 7.73. The van der Waals surface area contributed by atoms with Crippen molar-refractivity contribution >= 4 is 35.0 Å². The minimum Gasteiger partial charge on any atom is -0.489 e. The molecule has 0 bridgehead atoms. The van der Waals surface area contributed by atoms with Crippen molar-refractivity contribution in [3.8, 4) is 5.75 Å². The van der Waals surface area contributed by atoms with Gasteiger partial charge >= 0.3 is 0 Å². The number of rotatable bonds is 5. The summed E-state index contributed by atoms with van der Waals surface area (Å²) in [6.07, 6.45) is 4.03. The molecule has 1 aliphatic carbocycles. The van der Waals surface area contributed by atoms with E-state index in [0.29, 0.717) is 28.6 Å². The average molecular weight is 370 g/mol. The zero-order valence-corrected chi connectivity index (χ0v) is 14.3. The van der Waals surface area contributed by atoms with Crippen LogP contribution >= 0.6 is 23.2 Å². The number of aliphatic hydroxyl groups is 1. The third-order valence-electron chi connectivity index (χ3n) is 4.32. The highest BCUT2D eigenvalue weighted by Crippen LogP contribution is 2.35. The Morgan fingerprint density at radius 1 is 1.17 bits per heavy atom. The molecular weight excluding hydrogens is 353 g/mol. The van der Waals surface area contributed by atoms with E-state index in [9.17, 15) is 14.7 Å². The number of imide groups is 1. The Labute approximate surface area is 149 Å². The number of allylic oxidation sites excluding steroid dienone is 2. The third-order valence-corrected chi connectivity index (χ3v) is 4.85. The molecular formula is C17H17Cl2NO4. The molecule has 0 spiro atoms.